The number of nitrogens with one attached hydrogen (secondary N) is 1. The van der Waals surface area contributed by atoms with E-state index < -0.39 is 0 Å². The first-order chi connectivity index (χ1) is 12.7. The van der Waals surface area contributed by atoms with Crippen molar-refractivity contribution < 1.29 is 4.42 Å². The van der Waals surface area contributed by atoms with Crippen molar-refractivity contribution in [3.63, 3.8) is 0 Å². The third kappa shape index (κ3) is 3.19. The SMILES string of the molecule is CCc1ccc(C2CCCCCN2Cc2nc3c(cnn3C)c(=O)[nH]2)o1. The van der Waals surface area contributed by atoms with Crippen molar-refractivity contribution in [3.8, 4) is 0 Å². The number of aryl methyl sites for hydroxylation is 2. The van der Waals surface area contributed by atoms with Gasteiger partial charge in [0.15, 0.2) is 5.65 Å². The number of aromatic amines is 1. The van der Waals surface area contributed by atoms with Gasteiger partial charge >= 0.3 is 0 Å². The molecule has 4 heterocycles. The van der Waals surface area contributed by atoms with Crippen molar-refractivity contribution >= 4 is 11.0 Å². The van der Waals surface area contributed by atoms with Crippen LogP contribution in [0, 0.1) is 0 Å². The van der Waals surface area contributed by atoms with E-state index in [0.29, 0.717) is 23.4 Å². The van der Waals surface area contributed by atoms with Gasteiger partial charge in [0, 0.05) is 13.5 Å². The molecule has 1 aliphatic rings. The summed E-state index contributed by atoms with van der Waals surface area (Å²) in [5, 5.41) is 4.67. The van der Waals surface area contributed by atoms with E-state index in [4.69, 9.17) is 4.42 Å². The van der Waals surface area contributed by atoms with Gasteiger partial charge in [-0.15, -0.1) is 0 Å². The number of aromatic nitrogens is 4. The average molecular weight is 355 g/mol. The van der Waals surface area contributed by atoms with Crippen molar-refractivity contribution in [2.75, 3.05) is 6.54 Å². The highest BCUT2D eigenvalue weighted by atomic mass is 16.3. The summed E-state index contributed by atoms with van der Waals surface area (Å²) in [6, 6.07) is 4.40. The molecule has 0 amide bonds. The summed E-state index contributed by atoms with van der Waals surface area (Å²) < 4.78 is 7.70. The lowest BCUT2D eigenvalue weighted by molar-refractivity contribution is 0.164. The average Bonchev–Trinajstić information content (AvgIpc) is 3.18. The minimum atomic E-state index is -0.129. The maximum Gasteiger partial charge on any atom is 0.262 e. The predicted octanol–water partition coefficient (Wildman–Crippen LogP) is 2.93. The summed E-state index contributed by atoms with van der Waals surface area (Å²) in [5.74, 6) is 2.72. The van der Waals surface area contributed by atoms with Gasteiger partial charge in [0.05, 0.1) is 18.8 Å². The maximum atomic E-state index is 12.3. The van der Waals surface area contributed by atoms with E-state index in [1.54, 1.807) is 10.9 Å². The summed E-state index contributed by atoms with van der Waals surface area (Å²) in [5.41, 5.74) is 0.497. The molecule has 26 heavy (non-hydrogen) atoms. The number of likely N-dealkylation sites (tertiary alicyclic amines) is 1. The zero-order valence-corrected chi connectivity index (χ0v) is 15.4. The van der Waals surface area contributed by atoms with Gasteiger partial charge in [-0.1, -0.05) is 19.8 Å². The molecule has 4 rings (SSSR count). The number of rotatable bonds is 4. The van der Waals surface area contributed by atoms with Gasteiger partial charge in [-0.25, -0.2) is 4.98 Å². The third-order valence-corrected chi connectivity index (χ3v) is 5.23. The molecule has 1 aliphatic heterocycles. The van der Waals surface area contributed by atoms with Crippen LogP contribution in [0.1, 0.15) is 56.0 Å². The Balaban J connectivity index is 1.65. The monoisotopic (exact) mass is 355 g/mol. The second kappa shape index (κ2) is 7.07. The van der Waals surface area contributed by atoms with Crippen molar-refractivity contribution in [1.29, 1.82) is 0 Å². The van der Waals surface area contributed by atoms with E-state index in [1.165, 1.54) is 12.8 Å². The molecule has 0 aliphatic carbocycles. The maximum absolute atomic E-state index is 12.3. The van der Waals surface area contributed by atoms with E-state index in [2.05, 4.69) is 39.0 Å². The molecule has 1 N–H and O–H groups in total. The largest absolute Gasteiger partial charge is 0.464 e. The number of fused-ring (bicyclic) bond motifs is 1. The Hall–Kier alpha value is -2.41. The summed E-state index contributed by atoms with van der Waals surface area (Å²) >= 11 is 0. The molecule has 1 fully saturated rings. The molecular formula is C19H25N5O2. The molecule has 3 aromatic heterocycles. The Morgan fingerprint density at radius 1 is 1.31 bits per heavy atom. The van der Waals surface area contributed by atoms with Crippen LogP contribution >= 0.6 is 0 Å². The van der Waals surface area contributed by atoms with E-state index in [9.17, 15) is 4.79 Å². The minimum absolute atomic E-state index is 0.129. The van der Waals surface area contributed by atoms with Crippen molar-refractivity contribution in [3.05, 3.63) is 46.0 Å². The quantitative estimate of drug-likeness (QED) is 0.778. The van der Waals surface area contributed by atoms with Crippen LogP contribution in [0.2, 0.25) is 0 Å². The van der Waals surface area contributed by atoms with Gasteiger partial charge in [-0.2, -0.15) is 5.10 Å². The molecular weight excluding hydrogens is 330 g/mol. The molecule has 0 bridgehead atoms. The van der Waals surface area contributed by atoms with Gasteiger partial charge in [-0.3, -0.25) is 14.4 Å². The highest BCUT2D eigenvalue weighted by Crippen LogP contribution is 2.32. The summed E-state index contributed by atoms with van der Waals surface area (Å²) in [6.45, 7) is 3.67. The van der Waals surface area contributed by atoms with Crippen molar-refractivity contribution in [2.24, 2.45) is 7.05 Å². The van der Waals surface area contributed by atoms with Crippen molar-refractivity contribution in [2.45, 2.75) is 51.6 Å². The van der Waals surface area contributed by atoms with Crippen LogP contribution in [0.3, 0.4) is 0 Å². The van der Waals surface area contributed by atoms with Crippen LogP contribution in [-0.4, -0.2) is 31.2 Å². The lowest BCUT2D eigenvalue weighted by Gasteiger charge is -2.27. The van der Waals surface area contributed by atoms with Crippen LogP contribution < -0.4 is 5.56 Å². The lowest BCUT2D eigenvalue weighted by Crippen LogP contribution is -2.30. The third-order valence-electron chi connectivity index (χ3n) is 5.23. The summed E-state index contributed by atoms with van der Waals surface area (Å²) in [6.07, 6.45) is 7.09. The van der Waals surface area contributed by atoms with Crippen LogP contribution in [0.25, 0.3) is 11.0 Å². The molecule has 0 radical (unpaired) electrons. The topological polar surface area (TPSA) is 80.0 Å². The first-order valence-corrected chi connectivity index (χ1v) is 9.39. The fraction of sp³-hybridized carbons (Fsp3) is 0.526. The molecule has 1 saturated heterocycles. The predicted molar refractivity (Wildman–Crippen MR) is 98.8 cm³/mol. The molecule has 0 saturated carbocycles. The molecule has 3 aromatic rings. The molecule has 7 nitrogen and oxygen atoms in total. The molecule has 1 atom stereocenters. The number of H-pyrrole nitrogens is 1. The number of nitrogens with zero attached hydrogens (tertiary/aromatic N) is 4. The van der Waals surface area contributed by atoms with Gasteiger partial charge < -0.3 is 9.40 Å². The number of hydrogen-bond donors (Lipinski definition) is 1. The Labute approximate surface area is 152 Å². The molecule has 0 aromatic carbocycles. The van der Waals surface area contributed by atoms with Crippen molar-refractivity contribution in [1.82, 2.24) is 24.6 Å². The fourth-order valence-corrected chi connectivity index (χ4v) is 3.79. The number of hydrogen-bond acceptors (Lipinski definition) is 5. The normalized spacial score (nSPS) is 19.1. The van der Waals surface area contributed by atoms with E-state index in [0.717, 1.165) is 37.3 Å². The molecule has 7 heteroatoms. The van der Waals surface area contributed by atoms with Crippen LogP contribution in [0.15, 0.2) is 27.5 Å². The second-order valence-corrected chi connectivity index (χ2v) is 7.01. The Morgan fingerprint density at radius 3 is 3.00 bits per heavy atom. The first kappa shape index (κ1) is 17.0. The highest BCUT2D eigenvalue weighted by molar-refractivity contribution is 5.72. The van der Waals surface area contributed by atoms with Crippen LogP contribution in [-0.2, 0) is 20.0 Å². The van der Waals surface area contributed by atoms with E-state index in [-0.39, 0.29) is 11.6 Å². The van der Waals surface area contributed by atoms with E-state index in [1.807, 2.05) is 7.05 Å². The van der Waals surface area contributed by atoms with Gasteiger partial charge in [0.2, 0.25) is 0 Å². The summed E-state index contributed by atoms with van der Waals surface area (Å²) in [4.78, 5) is 22.3. The Kier molecular flexibility index (Phi) is 4.63. The van der Waals surface area contributed by atoms with Crippen LogP contribution in [0.4, 0.5) is 0 Å². The summed E-state index contributed by atoms with van der Waals surface area (Å²) in [7, 11) is 1.81. The van der Waals surface area contributed by atoms with E-state index >= 15 is 0 Å². The fourth-order valence-electron chi connectivity index (χ4n) is 3.79. The molecule has 138 valence electrons. The Bertz CT molecular complexity index is 954. The zero-order chi connectivity index (χ0) is 18.1. The number of furan rings is 1. The zero-order valence-electron chi connectivity index (χ0n) is 15.4. The minimum Gasteiger partial charge on any atom is -0.464 e. The second-order valence-electron chi connectivity index (χ2n) is 7.01. The molecule has 1 unspecified atom stereocenters. The first-order valence-electron chi connectivity index (χ1n) is 9.39. The lowest BCUT2D eigenvalue weighted by atomic mass is 10.1. The van der Waals surface area contributed by atoms with Gasteiger partial charge in [0.25, 0.3) is 5.56 Å². The van der Waals surface area contributed by atoms with Gasteiger partial charge in [0.1, 0.15) is 22.7 Å². The smallest absolute Gasteiger partial charge is 0.262 e. The molecule has 0 spiro atoms. The standard InChI is InChI=1S/C19H25N5O2/c1-3-13-8-9-16(26-13)15-7-5-4-6-10-24(15)12-17-21-18-14(19(25)22-17)11-20-23(18)2/h8-9,11,15H,3-7,10,12H2,1-2H3,(H,21,22,25). The highest BCUT2D eigenvalue weighted by Gasteiger charge is 2.26. The Morgan fingerprint density at radius 2 is 2.19 bits per heavy atom. The van der Waals surface area contributed by atoms with Gasteiger partial charge in [-0.05, 0) is 31.5 Å². The van der Waals surface area contributed by atoms with Crippen LogP contribution in [0.5, 0.6) is 0 Å².